The van der Waals surface area contributed by atoms with Gasteiger partial charge in [0.2, 0.25) is 11.7 Å². The topological polar surface area (TPSA) is 137 Å². The van der Waals surface area contributed by atoms with Crippen LogP contribution in [-0.2, 0) is 0 Å². The molecule has 3 aromatic rings. The van der Waals surface area contributed by atoms with E-state index in [9.17, 15) is 9.59 Å². The summed E-state index contributed by atoms with van der Waals surface area (Å²) in [4.78, 5) is 34.9. The molecule has 0 radical (unpaired) electrons. The van der Waals surface area contributed by atoms with E-state index >= 15 is 0 Å². The van der Waals surface area contributed by atoms with Crippen LogP contribution in [0.4, 0.5) is 5.69 Å². The molecule has 0 unspecified atom stereocenters. The second-order valence-corrected chi connectivity index (χ2v) is 4.41. The number of rotatable bonds is 4. The third kappa shape index (κ3) is 3.18. The first-order valence-corrected chi connectivity index (χ1v) is 6.45. The van der Waals surface area contributed by atoms with Crippen LogP contribution < -0.4 is 11.1 Å². The number of nitrogens with two attached hydrogens (primary N) is 1. The van der Waals surface area contributed by atoms with Gasteiger partial charge in [0, 0.05) is 23.6 Å². The molecule has 2 aromatic heterocycles. The summed E-state index contributed by atoms with van der Waals surface area (Å²) in [6.45, 7) is 0. The van der Waals surface area contributed by atoms with Crippen LogP contribution in [0, 0.1) is 0 Å². The fourth-order valence-electron chi connectivity index (χ4n) is 1.74. The van der Waals surface area contributed by atoms with Crippen LogP contribution in [0.3, 0.4) is 0 Å². The molecule has 23 heavy (non-hydrogen) atoms. The number of carbonyl (C=O) groups is 2. The van der Waals surface area contributed by atoms with Gasteiger partial charge in [0.05, 0.1) is 6.20 Å². The fraction of sp³-hybridized carbons (Fsp3) is 0. The number of benzene rings is 1. The Hall–Kier alpha value is -3.62. The van der Waals surface area contributed by atoms with E-state index in [-0.39, 0.29) is 11.7 Å². The molecule has 9 heteroatoms. The molecular weight excluding hydrogens is 300 g/mol. The third-order valence-corrected chi connectivity index (χ3v) is 2.84. The minimum atomic E-state index is -0.584. The molecule has 0 aliphatic heterocycles. The van der Waals surface area contributed by atoms with Crippen LogP contribution in [0.2, 0.25) is 0 Å². The normalized spacial score (nSPS) is 10.3. The molecule has 9 nitrogen and oxygen atoms in total. The molecule has 0 atom stereocenters. The molecule has 0 fully saturated rings. The zero-order valence-corrected chi connectivity index (χ0v) is 11.6. The summed E-state index contributed by atoms with van der Waals surface area (Å²) in [6.07, 6.45) is 4.44. The molecule has 0 spiro atoms. The van der Waals surface area contributed by atoms with Crippen molar-refractivity contribution in [1.82, 2.24) is 20.1 Å². The van der Waals surface area contributed by atoms with Gasteiger partial charge in [0.25, 0.3) is 0 Å². The number of anilines is 1. The Morgan fingerprint density at radius 2 is 1.91 bits per heavy atom. The molecular formula is C14H10N6O3. The van der Waals surface area contributed by atoms with E-state index in [1.54, 1.807) is 0 Å². The summed E-state index contributed by atoms with van der Waals surface area (Å²) in [5.41, 5.74) is 6.33. The quantitative estimate of drug-likeness (QED) is 0.729. The summed E-state index contributed by atoms with van der Waals surface area (Å²) >= 11 is 0. The Morgan fingerprint density at radius 3 is 2.57 bits per heavy atom. The highest BCUT2D eigenvalue weighted by Crippen LogP contribution is 2.13. The molecule has 0 saturated carbocycles. The summed E-state index contributed by atoms with van der Waals surface area (Å²) in [5.74, 6) is -1.19. The van der Waals surface area contributed by atoms with Crippen molar-refractivity contribution in [2.24, 2.45) is 5.73 Å². The highest BCUT2D eigenvalue weighted by Gasteiger charge is 2.17. The van der Waals surface area contributed by atoms with Gasteiger partial charge >= 0.3 is 11.8 Å². The molecule has 2 heterocycles. The van der Waals surface area contributed by atoms with Crippen LogP contribution >= 0.6 is 0 Å². The monoisotopic (exact) mass is 310 g/mol. The maximum Gasteiger partial charge on any atom is 0.316 e. The fourth-order valence-corrected chi connectivity index (χ4v) is 1.74. The van der Waals surface area contributed by atoms with E-state index in [4.69, 9.17) is 10.3 Å². The first-order valence-electron chi connectivity index (χ1n) is 6.45. The van der Waals surface area contributed by atoms with Gasteiger partial charge in [0.1, 0.15) is 5.69 Å². The summed E-state index contributed by atoms with van der Waals surface area (Å²) in [5, 5.41) is 6.24. The average Bonchev–Trinajstić information content (AvgIpc) is 3.06. The predicted octanol–water partition coefficient (Wildman–Crippen LogP) is 0.878. The Kier molecular flexibility index (Phi) is 3.75. The highest BCUT2D eigenvalue weighted by molar-refractivity contribution is 6.01. The van der Waals surface area contributed by atoms with Crippen molar-refractivity contribution in [3.05, 3.63) is 54.3 Å². The Balaban J connectivity index is 1.74. The van der Waals surface area contributed by atoms with Gasteiger partial charge in [-0.1, -0.05) is 5.16 Å². The van der Waals surface area contributed by atoms with Gasteiger partial charge in [-0.05, 0) is 24.3 Å². The van der Waals surface area contributed by atoms with E-state index < -0.39 is 11.8 Å². The van der Waals surface area contributed by atoms with Crippen molar-refractivity contribution < 1.29 is 14.1 Å². The minimum Gasteiger partial charge on any atom is -0.366 e. The van der Waals surface area contributed by atoms with Gasteiger partial charge in [-0.3, -0.25) is 14.6 Å². The lowest BCUT2D eigenvalue weighted by Gasteiger charge is -2.02. The van der Waals surface area contributed by atoms with E-state index in [1.807, 2.05) is 0 Å². The van der Waals surface area contributed by atoms with Crippen molar-refractivity contribution in [3.63, 3.8) is 0 Å². The van der Waals surface area contributed by atoms with Gasteiger partial charge in [-0.15, -0.1) is 0 Å². The molecule has 114 valence electrons. The van der Waals surface area contributed by atoms with Gasteiger partial charge in [-0.2, -0.15) is 4.98 Å². The van der Waals surface area contributed by atoms with Crippen molar-refractivity contribution in [3.8, 4) is 11.5 Å². The zero-order chi connectivity index (χ0) is 16.2. The highest BCUT2D eigenvalue weighted by atomic mass is 16.5. The molecule has 0 saturated heterocycles. The lowest BCUT2D eigenvalue weighted by molar-refractivity contribution is 0.0979. The maximum atomic E-state index is 12.0. The summed E-state index contributed by atoms with van der Waals surface area (Å²) < 4.78 is 4.90. The van der Waals surface area contributed by atoms with Crippen LogP contribution in [0.15, 0.2) is 47.4 Å². The van der Waals surface area contributed by atoms with E-state index in [0.717, 1.165) is 0 Å². The van der Waals surface area contributed by atoms with Gasteiger partial charge < -0.3 is 15.6 Å². The van der Waals surface area contributed by atoms with E-state index in [1.165, 1.54) is 42.9 Å². The number of nitrogens with zero attached hydrogens (tertiary/aromatic N) is 4. The lowest BCUT2D eigenvalue weighted by atomic mass is 10.2. The number of aromatic nitrogens is 4. The number of primary amides is 1. The number of hydrogen-bond donors (Lipinski definition) is 2. The summed E-state index contributed by atoms with van der Waals surface area (Å²) in [6, 6.07) is 6.07. The van der Waals surface area contributed by atoms with Crippen LogP contribution in [0.5, 0.6) is 0 Å². The molecule has 0 aliphatic rings. The first-order chi connectivity index (χ1) is 11.1. The first kappa shape index (κ1) is 14.3. The number of carbonyl (C=O) groups excluding carboxylic acids is 2. The van der Waals surface area contributed by atoms with E-state index in [2.05, 4.69) is 25.4 Å². The Labute approximate surface area is 129 Å². The van der Waals surface area contributed by atoms with Crippen molar-refractivity contribution in [1.29, 1.82) is 0 Å². The second kappa shape index (κ2) is 6.02. The summed E-state index contributed by atoms with van der Waals surface area (Å²) in [7, 11) is 0. The predicted molar refractivity (Wildman–Crippen MR) is 78.2 cm³/mol. The third-order valence-electron chi connectivity index (χ3n) is 2.84. The van der Waals surface area contributed by atoms with Crippen LogP contribution in [0.1, 0.15) is 21.0 Å². The van der Waals surface area contributed by atoms with Crippen molar-refractivity contribution in [2.45, 2.75) is 0 Å². The maximum absolute atomic E-state index is 12.0. The number of amides is 2. The van der Waals surface area contributed by atoms with Crippen molar-refractivity contribution in [2.75, 3.05) is 5.32 Å². The van der Waals surface area contributed by atoms with Gasteiger partial charge in [-0.25, -0.2) is 4.98 Å². The van der Waals surface area contributed by atoms with Crippen molar-refractivity contribution >= 4 is 17.5 Å². The van der Waals surface area contributed by atoms with Gasteiger partial charge in [0.15, 0.2) is 0 Å². The SMILES string of the molecule is NC(=O)c1ccc(NC(=O)c2nc(-c3cnccn3)no2)cc1. The largest absolute Gasteiger partial charge is 0.366 e. The molecule has 2 amide bonds. The molecule has 0 bridgehead atoms. The molecule has 3 N–H and O–H groups in total. The van der Waals surface area contributed by atoms with E-state index in [0.29, 0.717) is 16.9 Å². The second-order valence-electron chi connectivity index (χ2n) is 4.41. The Morgan fingerprint density at radius 1 is 1.13 bits per heavy atom. The molecule has 1 aromatic carbocycles. The Bertz CT molecular complexity index is 844. The standard InChI is InChI=1S/C14H10N6O3/c15-11(21)8-1-3-9(4-2-8)18-13(22)14-19-12(20-23-14)10-7-16-5-6-17-10/h1-7H,(H2,15,21)(H,18,22). The van der Waals surface area contributed by atoms with Crippen LogP contribution in [-0.4, -0.2) is 31.9 Å². The number of nitrogens with one attached hydrogen (secondary N) is 1. The average molecular weight is 310 g/mol. The minimum absolute atomic E-state index is 0.160. The molecule has 0 aliphatic carbocycles. The lowest BCUT2D eigenvalue weighted by Crippen LogP contribution is -2.13. The molecule has 3 rings (SSSR count). The van der Waals surface area contributed by atoms with Crippen LogP contribution in [0.25, 0.3) is 11.5 Å². The number of hydrogen-bond acceptors (Lipinski definition) is 7. The zero-order valence-electron chi connectivity index (χ0n) is 11.6. The smallest absolute Gasteiger partial charge is 0.316 e.